The van der Waals surface area contributed by atoms with Crippen LogP contribution >= 0.6 is 11.6 Å². The monoisotopic (exact) mass is 461 g/mol. The third-order valence-corrected chi connectivity index (χ3v) is 6.26. The molecule has 2 aromatic carbocycles. The quantitative estimate of drug-likeness (QED) is 0.585. The molecule has 0 aliphatic carbocycles. The number of nitrogens with zero attached hydrogens (tertiary/aromatic N) is 5. The molecule has 1 atom stereocenters. The molecule has 0 amide bonds. The predicted octanol–water partition coefficient (Wildman–Crippen LogP) is 2.86. The van der Waals surface area contributed by atoms with Gasteiger partial charge in [-0.05, 0) is 37.3 Å². The van der Waals surface area contributed by atoms with Crippen LogP contribution < -0.4 is 4.74 Å². The van der Waals surface area contributed by atoms with Crippen LogP contribution in [0, 0.1) is 6.92 Å². The molecule has 2 heterocycles. The van der Waals surface area contributed by atoms with Crippen molar-refractivity contribution < 1.29 is 17.7 Å². The van der Waals surface area contributed by atoms with Gasteiger partial charge in [-0.15, -0.1) is 10.2 Å². The van der Waals surface area contributed by atoms with E-state index in [2.05, 4.69) is 10.2 Å². The van der Waals surface area contributed by atoms with Gasteiger partial charge in [-0.25, -0.2) is 0 Å². The minimum atomic E-state index is -4.41. The fraction of sp³-hybridized carbons (Fsp3) is 0.250. The Morgan fingerprint density at radius 2 is 1.90 bits per heavy atom. The number of aliphatic imine (C=N–C) groups is 1. The molecule has 1 N–H and O–H groups in total. The molecule has 0 radical (unpaired) electrons. The molecule has 0 saturated carbocycles. The number of halogens is 1. The second-order valence-corrected chi connectivity index (χ2v) is 9.04. The zero-order valence-corrected chi connectivity index (χ0v) is 18.6. The minimum absolute atomic E-state index is 0.126. The zero-order chi connectivity index (χ0) is 22.3. The fourth-order valence-corrected chi connectivity index (χ4v) is 3.96. The van der Waals surface area contributed by atoms with E-state index < -0.39 is 16.3 Å². The summed E-state index contributed by atoms with van der Waals surface area (Å²) in [5, 5.41) is 9.02. The van der Waals surface area contributed by atoms with Gasteiger partial charge in [0.05, 0.1) is 18.5 Å². The summed E-state index contributed by atoms with van der Waals surface area (Å²) in [7, 11) is -1.55. The van der Waals surface area contributed by atoms with Gasteiger partial charge in [0.15, 0.2) is 5.82 Å². The summed E-state index contributed by atoms with van der Waals surface area (Å²) in [6, 6.07) is 12.0. The number of fused-ring (bicyclic) bond motifs is 3. The van der Waals surface area contributed by atoms with Crippen molar-refractivity contribution in [2.45, 2.75) is 13.0 Å². The SMILES string of the molecule is COc1ccc2c(c1)C(c1ccc(Cl)cc1)=N[C@H](CN(C)S(=O)(=O)O)c1nnc(C)n1-2. The largest absolute Gasteiger partial charge is 0.497 e. The molecule has 0 fully saturated rings. The first-order chi connectivity index (χ1) is 14.7. The van der Waals surface area contributed by atoms with Crippen LogP contribution in [0.1, 0.15) is 28.8 Å². The number of ether oxygens (including phenoxy) is 1. The Balaban J connectivity index is 1.98. The Hall–Kier alpha value is -2.79. The van der Waals surface area contributed by atoms with E-state index in [4.69, 9.17) is 21.3 Å². The van der Waals surface area contributed by atoms with Gasteiger partial charge in [0.1, 0.15) is 17.6 Å². The van der Waals surface area contributed by atoms with Gasteiger partial charge in [0, 0.05) is 29.7 Å². The molecule has 11 heteroatoms. The van der Waals surface area contributed by atoms with E-state index in [9.17, 15) is 13.0 Å². The van der Waals surface area contributed by atoms with Crippen molar-refractivity contribution >= 4 is 27.6 Å². The molecular weight excluding hydrogens is 442 g/mol. The normalized spacial score (nSPS) is 15.8. The lowest BCUT2D eigenvalue weighted by Crippen LogP contribution is -2.31. The highest BCUT2D eigenvalue weighted by Gasteiger charge is 2.31. The van der Waals surface area contributed by atoms with Crippen molar-refractivity contribution in [1.82, 2.24) is 19.1 Å². The topological polar surface area (TPSA) is 110 Å². The highest BCUT2D eigenvalue weighted by Crippen LogP contribution is 2.33. The number of aryl methyl sites for hydroxylation is 1. The second kappa shape index (κ2) is 8.04. The van der Waals surface area contributed by atoms with Crippen molar-refractivity contribution in [2.75, 3.05) is 20.7 Å². The number of benzene rings is 2. The summed E-state index contributed by atoms with van der Waals surface area (Å²) in [4.78, 5) is 4.88. The Morgan fingerprint density at radius 3 is 2.55 bits per heavy atom. The Morgan fingerprint density at radius 1 is 1.19 bits per heavy atom. The molecule has 4 rings (SSSR count). The van der Waals surface area contributed by atoms with Gasteiger partial charge in [-0.2, -0.15) is 12.7 Å². The maximum atomic E-state index is 11.7. The highest BCUT2D eigenvalue weighted by molar-refractivity contribution is 7.83. The van der Waals surface area contributed by atoms with Gasteiger partial charge >= 0.3 is 10.3 Å². The number of hydrogen-bond acceptors (Lipinski definition) is 6. The summed E-state index contributed by atoms with van der Waals surface area (Å²) >= 11 is 6.07. The molecule has 0 spiro atoms. The summed E-state index contributed by atoms with van der Waals surface area (Å²) in [5.74, 6) is 1.72. The zero-order valence-electron chi connectivity index (χ0n) is 17.0. The van der Waals surface area contributed by atoms with Crippen LogP contribution in [0.3, 0.4) is 0 Å². The molecule has 31 heavy (non-hydrogen) atoms. The van der Waals surface area contributed by atoms with Gasteiger partial charge in [0.2, 0.25) is 0 Å². The molecule has 0 bridgehead atoms. The molecule has 0 saturated heterocycles. The Kier molecular flexibility index (Phi) is 5.56. The number of methoxy groups -OCH3 is 1. The van der Waals surface area contributed by atoms with E-state index in [0.717, 1.165) is 21.1 Å². The predicted molar refractivity (Wildman–Crippen MR) is 117 cm³/mol. The second-order valence-electron chi connectivity index (χ2n) is 7.08. The first kappa shape index (κ1) is 21.4. The Labute approximate surface area is 184 Å². The average Bonchev–Trinajstić information content (AvgIpc) is 3.05. The van der Waals surface area contributed by atoms with Gasteiger partial charge < -0.3 is 4.74 Å². The molecule has 1 aliphatic rings. The van der Waals surface area contributed by atoms with E-state index in [0.29, 0.717) is 28.1 Å². The summed E-state index contributed by atoms with van der Waals surface area (Å²) in [5.41, 5.74) is 2.95. The van der Waals surface area contributed by atoms with Gasteiger partial charge in [-0.3, -0.25) is 14.1 Å². The maximum absolute atomic E-state index is 11.7. The highest BCUT2D eigenvalue weighted by atomic mass is 35.5. The van der Waals surface area contributed by atoms with Crippen molar-refractivity contribution in [3.8, 4) is 11.4 Å². The minimum Gasteiger partial charge on any atom is -0.497 e. The third-order valence-electron chi connectivity index (χ3n) is 5.07. The van der Waals surface area contributed by atoms with Crippen LogP contribution in [0.15, 0.2) is 47.5 Å². The molecular formula is C20H20ClN5O4S. The van der Waals surface area contributed by atoms with Crippen LogP contribution in [0.25, 0.3) is 5.69 Å². The standard InChI is InChI=1S/C20H20ClN5O4S/c1-12-23-24-20-17(11-25(2)31(27,28)29)22-19(13-4-6-14(21)7-5-13)16-10-15(30-3)8-9-18(16)26(12)20/h4-10,17H,11H2,1-3H3,(H,27,28,29)/t17-/m1/s1. The number of hydrogen-bond donors (Lipinski definition) is 1. The molecule has 0 unspecified atom stereocenters. The van der Waals surface area contributed by atoms with Crippen LogP contribution in [0.5, 0.6) is 5.75 Å². The lowest BCUT2D eigenvalue weighted by atomic mass is 10.00. The molecule has 1 aliphatic heterocycles. The number of rotatable bonds is 5. The molecule has 3 aromatic rings. The van der Waals surface area contributed by atoms with Crippen molar-refractivity contribution in [3.05, 3.63) is 70.3 Å². The summed E-state index contributed by atoms with van der Waals surface area (Å²) < 4.78 is 40.9. The lowest BCUT2D eigenvalue weighted by Gasteiger charge is -2.18. The van der Waals surface area contributed by atoms with Crippen molar-refractivity contribution in [1.29, 1.82) is 0 Å². The van der Waals surface area contributed by atoms with E-state index in [1.807, 2.05) is 34.9 Å². The van der Waals surface area contributed by atoms with E-state index >= 15 is 0 Å². The van der Waals surface area contributed by atoms with Crippen molar-refractivity contribution in [2.24, 2.45) is 4.99 Å². The summed E-state index contributed by atoms with van der Waals surface area (Å²) in [6.45, 7) is 1.68. The molecule has 9 nitrogen and oxygen atoms in total. The van der Waals surface area contributed by atoms with E-state index in [1.54, 1.807) is 26.2 Å². The van der Waals surface area contributed by atoms with Crippen molar-refractivity contribution in [3.63, 3.8) is 0 Å². The van der Waals surface area contributed by atoms with E-state index in [-0.39, 0.29) is 6.54 Å². The average molecular weight is 462 g/mol. The molecule has 1 aromatic heterocycles. The first-order valence-electron chi connectivity index (χ1n) is 9.32. The summed E-state index contributed by atoms with van der Waals surface area (Å²) in [6.07, 6.45) is 0. The van der Waals surface area contributed by atoms with E-state index in [1.165, 1.54) is 7.05 Å². The third kappa shape index (κ3) is 4.07. The fourth-order valence-electron chi connectivity index (χ4n) is 3.50. The lowest BCUT2D eigenvalue weighted by molar-refractivity contribution is 0.369. The van der Waals surface area contributed by atoms with Gasteiger partial charge in [-0.1, -0.05) is 23.7 Å². The smallest absolute Gasteiger partial charge is 0.335 e. The Bertz CT molecular complexity index is 1270. The van der Waals surface area contributed by atoms with Crippen LogP contribution in [0.4, 0.5) is 0 Å². The van der Waals surface area contributed by atoms with Crippen LogP contribution in [-0.2, 0) is 10.3 Å². The van der Waals surface area contributed by atoms with Gasteiger partial charge in [0.25, 0.3) is 0 Å². The maximum Gasteiger partial charge on any atom is 0.335 e. The van der Waals surface area contributed by atoms with Crippen LogP contribution in [-0.4, -0.2) is 58.5 Å². The molecule has 162 valence electrons. The number of aromatic nitrogens is 3. The van der Waals surface area contributed by atoms with Crippen LogP contribution in [0.2, 0.25) is 5.02 Å². The first-order valence-corrected chi connectivity index (χ1v) is 11.1. The number of likely N-dealkylation sites (N-methyl/N-ethyl adjacent to an activating group) is 1.